The van der Waals surface area contributed by atoms with Gasteiger partial charge in [0.2, 0.25) is 5.91 Å². The third kappa shape index (κ3) is 8.48. The SMILES string of the molecule is C/C=C/C(=O)NCCCC(C)(C)CN(C)C. The summed E-state index contributed by atoms with van der Waals surface area (Å²) in [5.41, 5.74) is 0.314. The van der Waals surface area contributed by atoms with Crippen LogP contribution < -0.4 is 5.32 Å². The Labute approximate surface area is 99.9 Å². The lowest BCUT2D eigenvalue weighted by Gasteiger charge is -2.28. The average molecular weight is 226 g/mol. The zero-order valence-corrected chi connectivity index (χ0v) is 11.3. The third-order valence-electron chi connectivity index (χ3n) is 2.39. The fourth-order valence-electron chi connectivity index (χ4n) is 1.92. The van der Waals surface area contributed by atoms with Gasteiger partial charge in [0.1, 0.15) is 0 Å². The van der Waals surface area contributed by atoms with E-state index in [2.05, 4.69) is 38.2 Å². The molecule has 0 radical (unpaired) electrons. The summed E-state index contributed by atoms with van der Waals surface area (Å²) in [5, 5.41) is 2.87. The van der Waals surface area contributed by atoms with Crippen molar-refractivity contribution in [3.05, 3.63) is 12.2 Å². The van der Waals surface area contributed by atoms with Crippen LogP contribution in [0, 0.1) is 5.41 Å². The monoisotopic (exact) mass is 226 g/mol. The van der Waals surface area contributed by atoms with Gasteiger partial charge in [-0.3, -0.25) is 4.79 Å². The van der Waals surface area contributed by atoms with Crippen molar-refractivity contribution in [1.82, 2.24) is 10.2 Å². The molecule has 3 heteroatoms. The minimum Gasteiger partial charge on any atom is -0.353 e. The van der Waals surface area contributed by atoms with Gasteiger partial charge in [0.05, 0.1) is 0 Å². The number of allylic oxidation sites excluding steroid dienone is 1. The summed E-state index contributed by atoms with van der Waals surface area (Å²) < 4.78 is 0. The molecule has 0 aliphatic carbocycles. The summed E-state index contributed by atoms with van der Waals surface area (Å²) in [7, 11) is 4.19. The quantitative estimate of drug-likeness (QED) is 0.532. The fourth-order valence-corrected chi connectivity index (χ4v) is 1.92. The second-order valence-corrected chi connectivity index (χ2v) is 5.30. The van der Waals surface area contributed by atoms with E-state index in [9.17, 15) is 4.79 Å². The molecule has 0 aromatic rings. The van der Waals surface area contributed by atoms with Crippen molar-refractivity contribution >= 4 is 5.91 Å². The highest BCUT2D eigenvalue weighted by atomic mass is 16.1. The summed E-state index contributed by atoms with van der Waals surface area (Å²) in [6.45, 7) is 8.22. The van der Waals surface area contributed by atoms with E-state index in [4.69, 9.17) is 0 Å². The highest BCUT2D eigenvalue weighted by Crippen LogP contribution is 2.22. The smallest absolute Gasteiger partial charge is 0.243 e. The van der Waals surface area contributed by atoms with Crippen molar-refractivity contribution < 1.29 is 4.79 Å². The molecule has 16 heavy (non-hydrogen) atoms. The number of carbonyl (C=O) groups excluding carboxylic acids is 1. The Bertz CT molecular complexity index is 232. The van der Waals surface area contributed by atoms with E-state index < -0.39 is 0 Å². The van der Waals surface area contributed by atoms with E-state index in [1.807, 2.05) is 6.92 Å². The minimum atomic E-state index is 0.00733. The van der Waals surface area contributed by atoms with E-state index in [-0.39, 0.29) is 5.91 Å². The number of nitrogens with zero attached hydrogens (tertiary/aromatic N) is 1. The molecule has 0 atom stereocenters. The van der Waals surface area contributed by atoms with Gasteiger partial charge < -0.3 is 10.2 Å². The van der Waals surface area contributed by atoms with Gasteiger partial charge in [0, 0.05) is 13.1 Å². The van der Waals surface area contributed by atoms with Gasteiger partial charge in [-0.2, -0.15) is 0 Å². The molecule has 0 aliphatic heterocycles. The molecule has 0 aliphatic rings. The van der Waals surface area contributed by atoms with Gasteiger partial charge in [-0.1, -0.05) is 19.9 Å². The molecule has 3 nitrogen and oxygen atoms in total. The lowest BCUT2D eigenvalue weighted by molar-refractivity contribution is -0.116. The predicted octanol–water partition coefficient (Wildman–Crippen LogP) is 2.05. The van der Waals surface area contributed by atoms with Gasteiger partial charge in [0.15, 0.2) is 0 Å². The topological polar surface area (TPSA) is 32.3 Å². The first-order valence-electron chi connectivity index (χ1n) is 5.92. The molecule has 1 amide bonds. The number of hydrogen-bond acceptors (Lipinski definition) is 2. The molecule has 0 bridgehead atoms. The maximum atomic E-state index is 11.1. The Kier molecular flexibility index (Phi) is 7.06. The van der Waals surface area contributed by atoms with Crippen LogP contribution in [0.5, 0.6) is 0 Å². The first-order valence-corrected chi connectivity index (χ1v) is 5.92. The van der Waals surface area contributed by atoms with Gasteiger partial charge in [-0.15, -0.1) is 0 Å². The van der Waals surface area contributed by atoms with Crippen LogP contribution in [0.4, 0.5) is 0 Å². The Morgan fingerprint density at radius 3 is 2.50 bits per heavy atom. The van der Waals surface area contributed by atoms with Crippen molar-refractivity contribution in [3.63, 3.8) is 0 Å². The highest BCUT2D eigenvalue weighted by Gasteiger charge is 2.17. The van der Waals surface area contributed by atoms with Crippen molar-refractivity contribution in [3.8, 4) is 0 Å². The molecular formula is C13H26N2O. The molecule has 0 aromatic heterocycles. The zero-order chi connectivity index (χ0) is 12.6. The van der Waals surface area contributed by atoms with Crippen LogP contribution in [0.15, 0.2) is 12.2 Å². The lowest BCUT2D eigenvalue weighted by Crippen LogP contribution is -2.30. The molecule has 0 unspecified atom stereocenters. The van der Waals surface area contributed by atoms with Crippen LogP contribution in [-0.4, -0.2) is 38.0 Å². The largest absolute Gasteiger partial charge is 0.353 e. The minimum absolute atomic E-state index is 0.00733. The van der Waals surface area contributed by atoms with Crippen LogP contribution in [-0.2, 0) is 4.79 Å². The molecule has 0 aromatic carbocycles. The lowest BCUT2D eigenvalue weighted by atomic mass is 9.87. The van der Waals surface area contributed by atoms with Gasteiger partial charge in [0.25, 0.3) is 0 Å². The van der Waals surface area contributed by atoms with Crippen LogP contribution in [0.2, 0.25) is 0 Å². The summed E-state index contributed by atoms with van der Waals surface area (Å²) in [5.74, 6) is 0.00733. The van der Waals surface area contributed by atoms with E-state index in [1.54, 1.807) is 12.2 Å². The normalized spacial score (nSPS) is 12.4. The molecule has 0 spiro atoms. The van der Waals surface area contributed by atoms with Gasteiger partial charge in [-0.05, 0) is 45.4 Å². The number of carbonyl (C=O) groups is 1. The maximum absolute atomic E-state index is 11.1. The highest BCUT2D eigenvalue weighted by molar-refractivity contribution is 5.87. The molecule has 1 N–H and O–H groups in total. The second-order valence-electron chi connectivity index (χ2n) is 5.30. The van der Waals surface area contributed by atoms with Crippen molar-refractivity contribution in [2.75, 3.05) is 27.2 Å². The summed E-state index contributed by atoms with van der Waals surface area (Å²) in [4.78, 5) is 13.3. The van der Waals surface area contributed by atoms with Crippen LogP contribution in [0.25, 0.3) is 0 Å². The number of nitrogens with one attached hydrogen (secondary N) is 1. The molecular weight excluding hydrogens is 200 g/mol. The number of rotatable bonds is 7. The van der Waals surface area contributed by atoms with Gasteiger partial charge in [-0.25, -0.2) is 0 Å². The van der Waals surface area contributed by atoms with Crippen molar-refractivity contribution in [2.45, 2.75) is 33.6 Å². The zero-order valence-electron chi connectivity index (χ0n) is 11.3. The van der Waals surface area contributed by atoms with Crippen molar-refractivity contribution in [1.29, 1.82) is 0 Å². The Morgan fingerprint density at radius 2 is 2.00 bits per heavy atom. The first kappa shape index (κ1) is 15.2. The van der Waals surface area contributed by atoms with Gasteiger partial charge >= 0.3 is 0 Å². The second kappa shape index (κ2) is 7.44. The predicted molar refractivity (Wildman–Crippen MR) is 69.4 cm³/mol. The summed E-state index contributed by atoms with van der Waals surface area (Å²) >= 11 is 0. The van der Waals surface area contributed by atoms with Crippen LogP contribution in [0.3, 0.4) is 0 Å². The van der Waals surface area contributed by atoms with E-state index in [1.165, 1.54) is 0 Å². The molecule has 0 saturated carbocycles. The molecule has 0 rings (SSSR count). The number of hydrogen-bond donors (Lipinski definition) is 1. The first-order chi connectivity index (χ1) is 7.37. The Balaban J connectivity index is 3.69. The third-order valence-corrected chi connectivity index (χ3v) is 2.39. The molecule has 0 saturated heterocycles. The number of amides is 1. The van der Waals surface area contributed by atoms with E-state index >= 15 is 0 Å². The Hall–Kier alpha value is -0.830. The molecule has 0 heterocycles. The van der Waals surface area contributed by atoms with Crippen LogP contribution >= 0.6 is 0 Å². The summed E-state index contributed by atoms with van der Waals surface area (Å²) in [6, 6.07) is 0. The standard InChI is InChI=1S/C13H26N2O/c1-6-8-12(16)14-10-7-9-13(2,3)11-15(4)5/h6,8H,7,9-11H2,1-5H3,(H,14,16)/b8-6+. The van der Waals surface area contributed by atoms with Crippen molar-refractivity contribution in [2.24, 2.45) is 5.41 Å². The molecule has 94 valence electrons. The van der Waals surface area contributed by atoms with E-state index in [0.717, 1.165) is 25.9 Å². The summed E-state index contributed by atoms with van der Waals surface area (Å²) in [6.07, 6.45) is 5.47. The fraction of sp³-hybridized carbons (Fsp3) is 0.769. The average Bonchev–Trinajstić information content (AvgIpc) is 2.11. The Morgan fingerprint density at radius 1 is 1.38 bits per heavy atom. The van der Waals surface area contributed by atoms with E-state index in [0.29, 0.717) is 5.41 Å². The maximum Gasteiger partial charge on any atom is 0.243 e. The molecule has 0 fully saturated rings. The van der Waals surface area contributed by atoms with Crippen LogP contribution in [0.1, 0.15) is 33.6 Å².